The van der Waals surface area contributed by atoms with E-state index in [0.717, 1.165) is 18.4 Å². The van der Waals surface area contributed by atoms with E-state index in [0.29, 0.717) is 18.7 Å². The molecule has 1 fully saturated rings. The van der Waals surface area contributed by atoms with Gasteiger partial charge in [-0.25, -0.2) is 0 Å². The molecule has 1 aliphatic heterocycles. The predicted molar refractivity (Wildman–Crippen MR) is 92.0 cm³/mol. The summed E-state index contributed by atoms with van der Waals surface area (Å²) in [6.45, 7) is 1.22. The lowest BCUT2D eigenvalue weighted by molar-refractivity contribution is -0.132. The number of nitrogens with zero attached hydrogens (tertiary/aromatic N) is 1. The molecule has 6 nitrogen and oxygen atoms in total. The molecule has 2 heterocycles. The first-order chi connectivity index (χ1) is 12.2. The molecule has 3 rings (SSSR count). The maximum atomic E-state index is 12.5. The van der Waals surface area contributed by atoms with Gasteiger partial charge in [-0.2, -0.15) is 0 Å². The molecule has 25 heavy (non-hydrogen) atoms. The highest BCUT2D eigenvalue weighted by atomic mass is 16.5. The summed E-state index contributed by atoms with van der Waals surface area (Å²) in [5, 5.41) is 3.04. The number of furan rings is 1. The maximum absolute atomic E-state index is 12.5. The number of piperidine rings is 1. The third-order valence-corrected chi connectivity index (χ3v) is 4.47. The largest absolute Gasteiger partial charge is 0.472 e. The van der Waals surface area contributed by atoms with Crippen LogP contribution in [0.15, 0.2) is 53.3 Å². The zero-order valence-corrected chi connectivity index (χ0v) is 14.2. The van der Waals surface area contributed by atoms with Crippen LogP contribution in [0.1, 0.15) is 34.9 Å². The number of methoxy groups -OCH3 is 1. The fourth-order valence-corrected chi connectivity index (χ4v) is 3.09. The number of hydrogen-bond donors (Lipinski definition) is 1. The van der Waals surface area contributed by atoms with Gasteiger partial charge in [-0.1, -0.05) is 30.3 Å². The van der Waals surface area contributed by atoms with Gasteiger partial charge in [0.1, 0.15) is 6.26 Å². The van der Waals surface area contributed by atoms with Crippen molar-refractivity contribution in [3.05, 3.63) is 60.1 Å². The maximum Gasteiger partial charge on any atom is 0.257 e. The number of amides is 2. The second kappa shape index (κ2) is 7.98. The second-order valence-electron chi connectivity index (χ2n) is 6.11. The molecule has 0 saturated carbocycles. The summed E-state index contributed by atoms with van der Waals surface area (Å²) in [5.74, 6) is -0.175. The lowest BCUT2D eigenvalue weighted by Gasteiger charge is -2.32. The number of benzene rings is 1. The number of likely N-dealkylation sites (tertiary alicyclic amines) is 1. The summed E-state index contributed by atoms with van der Waals surface area (Å²) >= 11 is 0. The minimum absolute atomic E-state index is 0.0300. The molecular weight excluding hydrogens is 320 g/mol. The first-order valence-electron chi connectivity index (χ1n) is 8.38. The number of carbonyl (C=O) groups excluding carboxylic acids is 2. The molecule has 1 aromatic heterocycles. The van der Waals surface area contributed by atoms with Crippen LogP contribution in [0.3, 0.4) is 0 Å². The van der Waals surface area contributed by atoms with Gasteiger partial charge in [0.05, 0.1) is 11.8 Å². The van der Waals surface area contributed by atoms with Gasteiger partial charge in [0, 0.05) is 26.2 Å². The first kappa shape index (κ1) is 17.2. The number of carbonyl (C=O) groups is 2. The van der Waals surface area contributed by atoms with E-state index in [1.54, 1.807) is 11.0 Å². The van der Waals surface area contributed by atoms with E-state index >= 15 is 0 Å². The zero-order chi connectivity index (χ0) is 17.6. The minimum atomic E-state index is -0.619. The number of rotatable bonds is 5. The molecule has 132 valence electrons. The van der Waals surface area contributed by atoms with E-state index in [4.69, 9.17) is 9.15 Å². The Kier molecular flexibility index (Phi) is 5.50. The highest BCUT2D eigenvalue weighted by Crippen LogP contribution is 2.19. The molecule has 0 radical (unpaired) electrons. The fraction of sp³-hybridized carbons (Fsp3) is 0.368. The van der Waals surface area contributed by atoms with Gasteiger partial charge in [0.25, 0.3) is 11.8 Å². The van der Waals surface area contributed by atoms with Crippen molar-refractivity contribution in [2.45, 2.75) is 25.0 Å². The summed E-state index contributed by atoms with van der Waals surface area (Å²) in [4.78, 5) is 26.6. The van der Waals surface area contributed by atoms with E-state index in [2.05, 4.69) is 5.32 Å². The number of nitrogens with one attached hydrogen (secondary N) is 1. The van der Waals surface area contributed by atoms with Crippen molar-refractivity contribution in [2.75, 3.05) is 20.2 Å². The highest BCUT2D eigenvalue weighted by Gasteiger charge is 2.27. The van der Waals surface area contributed by atoms with Gasteiger partial charge in [-0.15, -0.1) is 0 Å². The van der Waals surface area contributed by atoms with E-state index in [1.807, 2.05) is 30.3 Å². The van der Waals surface area contributed by atoms with Crippen molar-refractivity contribution in [2.24, 2.45) is 0 Å². The van der Waals surface area contributed by atoms with Gasteiger partial charge in [-0.3, -0.25) is 9.59 Å². The second-order valence-corrected chi connectivity index (χ2v) is 6.11. The lowest BCUT2D eigenvalue weighted by Crippen LogP contribution is -2.47. The quantitative estimate of drug-likeness (QED) is 0.906. The highest BCUT2D eigenvalue weighted by molar-refractivity contribution is 5.93. The van der Waals surface area contributed by atoms with Gasteiger partial charge < -0.3 is 19.4 Å². The summed E-state index contributed by atoms with van der Waals surface area (Å²) in [5.41, 5.74) is 1.39. The van der Waals surface area contributed by atoms with E-state index in [1.165, 1.54) is 19.6 Å². The molecule has 0 spiro atoms. The van der Waals surface area contributed by atoms with Crippen LogP contribution in [0.2, 0.25) is 0 Å². The van der Waals surface area contributed by atoms with Crippen LogP contribution in [-0.2, 0) is 9.53 Å². The van der Waals surface area contributed by atoms with Crippen molar-refractivity contribution < 1.29 is 18.7 Å². The molecule has 1 unspecified atom stereocenters. The standard InChI is InChI=1S/C19H22N2O4/c1-24-17(14-5-3-2-4-6-14)18(22)20-16-7-10-21(11-8-16)19(23)15-9-12-25-13-15/h2-6,9,12-13,16-17H,7-8,10-11H2,1H3,(H,20,22). The average molecular weight is 342 g/mol. The summed E-state index contributed by atoms with van der Waals surface area (Å²) in [6, 6.07) is 11.1. The van der Waals surface area contributed by atoms with Crippen molar-refractivity contribution in [3.8, 4) is 0 Å². The Labute approximate surface area is 146 Å². The van der Waals surface area contributed by atoms with Gasteiger partial charge in [-0.05, 0) is 24.5 Å². The third-order valence-electron chi connectivity index (χ3n) is 4.47. The lowest BCUT2D eigenvalue weighted by atomic mass is 10.0. The molecule has 1 saturated heterocycles. The Morgan fingerprint density at radius 3 is 2.52 bits per heavy atom. The Bertz CT molecular complexity index is 691. The average Bonchev–Trinajstić information content (AvgIpc) is 3.18. The van der Waals surface area contributed by atoms with Crippen molar-refractivity contribution >= 4 is 11.8 Å². The first-order valence-corrected chi connectivity index (χ1v) is 8.38. The van der Waals surface area contributed by atoms with E-state index < -0.39 is 6.10 Å². The molecular formula is C19H22N2O4. The smallest absolute Gasteiger partial charge is 0.257 e. The third kappa shape index (κ3) is 4.09. The van der Waals surface area contributed by atoms with Crippen LogP contribution < -0.4 is 5.32 Å². The number of hydrogen-bond acceptors (Lipinski definition) is 4. The predicted octanol–water partition coefficient (Wildman–Crippen LogP) is 2.39. The Balaban J connectivity index is 1.53. The molecule has 6 heteroatoms. The number of ether oxygens (including phenoxy) is 1. The fourth-order valence-electron chi connectivity index (χ4n) is 3.09. The topological polar surface area (TPSA) is 71.8 Å². The molecule has 0 aliphatic carbocycles. The van der Waals surface area contributed by atoms with Crippen LogP contribution in [0, 0.1) is 0 Å². The Hall–Kier alpha value is -2.60. The monoisotopic (exact) mass is 342 g/mol. The van der Waals surface area contributed by atoms with Crippen LogP contribution in [-0.4, -0.2) is 43.0 Å². The van der Waals surface area contributed by atoms with E-state index in [9.17, 15) is 9.59 Å². The summed E-state index contributed by atoms with van der Waals surface area (Å²) in [6.07, 6.45) is 3.78. The van der Waals surface area contributed by atoms with Crippen molar-refractivity contribution in [1.29, 1.82) is 0 Å². The van der Waals surface area contributed by atoms with Crippen LogP contribution in [0.5, 0.6) is 0 Å². The molecule has 0 bridgehead atoms. The molecule has 1 aliphatic rings. The van der Waals surface area contributed by atoms with Gasteiger partial charge in [0.15, 0.2) is 6.10 Å². The Morgan fingerprint density at radius 2 is 1.92 bits per heavy atom. The van der Waals surface area contributed by atoms with Crippen LogP contribution in [0.4, 0.5) is 0 Å². The van der Waals surface area contributed by atoms with E-state index in [-0.39, 0.29) is 17.9 Å². The molecule has 1 N–H and O–H groups in total. The molecule has 2 aromatic rings. The van der Waals surface area contributed by atoms with Crippen molar-refractivity contribution in [1.82, 2.24) is 10.2 Å². The molecule has 2 amide bonds. The SMILES string of the molecule is COC(C(=O)NC1CCN(C(=O)c2ccoc2)CC1)c1ccccc1. The molecule has 1 aromatic carbocycles. The van der Waals surface area contributed by atoms with Gasteiger partial charge >= 0.3 is 0 Å². The zero-order valence-electron chi connectivity index (χ0n) is 14.2. The van der Waals surface area contributed by atoms with Crippen LogP contribution in [0.25, 0.3) is 0 Å². The Morgan fingerprint density at radius 1 is 1.20 bits per heavy atom. The summed E-state index contributed by atoms with van der Waals surface area (Å²) in [7, 11) is 1.53. The van der Waals surface area contributed by atoms with Crippen LogP contribution >= 0.6 is 0 Å². The molecule has 1 atom stereocenters. The minimum Gasteiger partial charge on any atom is -0.472 e. The van der Waals surface area contributed by atoms with Gasteiger partial charge in [0.2, 0.25) is 0 Å². The van der Waals surface area contributed by atoms with Crippen molar-refractivity contribution in [3.63, 3.8) is 0 Å². The summed E-state index contributed by atoms with van der Waals surface area (Å²) < 4.78 is 10.3. The normalized spacial score (nSPS) is 16.4.